The number of alkyl halides is 6. The topological polar surface area (TPSA) is 82.2 Å². The maximum absolute atomic E-state index is 13.1. The number of anilines is 1. The Morgan fingerprint density at radius 3 is 2.46 bits per heavy atom. The van der Waals surface area contributed by atoms with E-state index in [1.807, 2.05) is 0 Å². The quantitative estimate of drug-likeness (QED) is 0.261. The summed E-state index contributed by atoms with van der Waals surface area (Å²) in [6.45, 7) is -3.32. The van der Waals surface area contributed by atoms with E-state index in [9.17, 15) is 31.1 Å². The molecule has 1 N–H and O–H groups in total. The Bertz CT molecular complexity index is 1300. The minimum atomic E-state index is -3.03. The van der Waals surface area contributed by atoms with Gasteiger partial charge in [0.25, 0.3) is 18.8 Å². The van der Waals surface area contributed by atoms with E-state index >= 15 is 0 Å². The number of amides is 1. The number of carbonyl (C=O) groups excluding carboxylic acids is 1. The van der Waals surface area contributed by atoms with Crippen molar-refractivity contribution >= 4 is 22.4 Å². The van der Waals surface area contributed by atoms with Gasteiger partial charge < -0.3 is 9.15 Å². The third kappa shape index (κ3) is 5.82. The van der Waals surface area contributed by atoms with Gasteiger partial charge in [-0.3, -0.25) is 14.8 Å². The molecule has 3 heterocycles. The molecular formula is C21H14F6N4O3S. The van der Waals surface area contributed by atoms with Crippen LogP contribution in [0, 0.1) is 0 Å². The summed E-state index contributed by atoms with van der Waals surface area (Å²) in [5.74, 6) is -0.806. The largest absolute Gasteiger partial charge is 0.454 e. The third-order valence-electron chi connectivity index (χ3n) is 4.57. The van der Waals surface area contributed by atoms with Crippen molar-refractivity contribution in [2.75, 3.05) is 5.32 Å². The first kappa shape index (κ1) is 24.3. The molecule has 0 atom stereocenters. The molecule has 0 aliphatic heterocycles. The van der Waals surface area contributed by atoms with Crippen LogP contribution < -0.4 is 10.1 Å². The zero-order valence-electron chi connectivity index (χ0n) is 17.3. The van der Waals surface area contributed by atoms with E-state index < -0.39 is 36.8 Å². The number of carbonyl (C=O) groups is 1. The first-order chi connectivity index (χ1) is 16.7. The van der Waals surface area contributed by atoms with Gasteiger partial charge in [0.1, 0.15) is 22.9 Å². The minimum Gasteiger partial charge on any atom is -0.454 e. The maximum Gasteiger partial charge on any atom is 0.387 e. The molecule has 3 aromatic heterocycles. The van der Waals surface area contributed by atoms with Gasteiger partial charge in [-0.1, -0.05) is 0 Å². The van der Waals surface area contributed by atoms with Crippen LogP contribution in [0.1, 0.15) is 40.6 Å². The van der Waals surface area contributed by atoms with E-state index in [-0.39, 0.29) is 28.9 Å². The molecule has 0 aliphatic carbocycles. The van der Waals surface area contributed by atoms with Crippen molar-refractivity contribution in [3.8, 4) is 17.0 Å². The predicted octanol–water partition coefficient (Wildman–Crippen LogP) is 6.38. The highest BCUT2D eigenvalue weighted by molar-refractivity contribution is 7.14. The van der Waals surface area contributed by atoms with Gasteiger partial charge in [0, 0.05) is 10.9 Å². The van der Waals surface area contributed by atoms with E-state index in [0.717, 1.165) is 11.3 Å². The fourth-order valence-electron chi connectivity index (χ4n) is 3.02. The van der Waals surface area contributed by atoms with Crippen LogP contribution >= 0.6 is 11.3 Å². The Kier molecular flexibility index (Phi) is 7.10. The summed E-state index contributed by atoms with van der Waals surface area (Å²) < 4.78 is 86.8. The van der Waals surface area contributed by atoms with Crippen LogP contribution in [0.15, 0.2) is 52.3 Å². The number of ether oxygens (including phenoxy) is 1. The number of nitrogens with one attached hydrogen (secondary N) is 1. The number of aromatic nitrogens is 3. The molecular weight excluding hydrogens is 502 g/mol. The fraction of sp³-hybridized carbons (Fsp3) is 0.190. The number of rotatable bonds is 9. The molecule has 14 heteroatoms. The molecule has 0 fully saturated rings. The maximum atomic E-state index is 13.1. The Morgan fingerprint density at radius 1 is 1.06 bits per heavy atom. The number of furan rings is 1. The van der Waals surface area contributed by atoms with Crippen molar-refractivity contribution in [1.29, 1.82) is 0 Å². The van der Waals surface area contributed by atoms with Crippen molar-refractivity contribution in [3.05, 3.63) is 70.8 Å². The van der Waals surface area contributed by atoms with Gasteiger partial charge in [-0.25, -0.2) is 22.5 Å². The molecule has 7 nitrogen and oxygen atoms in total. The number of benzene rings is 1. The number of thiazole rings is 1. The van der Waals surface area contributed by atoms with Crippen LogP contribution in [0.2, 0.25) is 0 Å². The SMILES string of the molecule is O=C(Nc1nc(-c2ccc(OC(F)F)cc2)cs1)c1ccc(Cn2nc(C(F)F)cc2C(F)F)o1. The molecule has 184 valence electrons. The van der Waals surface area contributed by atoms with Gasteiger partial charge in [0.05, 0.1) is 12.2 Å². The second-order valence-electron chi connectivity index (χ2n) is 6.91. The standard InChI is InChI=1S/C21H14F6N4O3S/c22-17(23)13-7-15(18(24)25)31(30-13)8-12-5-6-16(33-12)19(32)29-21-28-14(9-35-21)10-1-3-11(4-2-10)34-20(26)27/h1-7,9,17-18,20H,8H2,(H,28,29,32). The van der Waals surface area contributed by atoms with Crippen molar-refractivity contribution < 1.29 is 40.3 Å². The summed E-state index contributed by atoms with van der Waals surface area (Å²) in [4.78, 5) is 16.7. The third-order valence-corrected chi connectivity index (χ3v) is 5.33. The Labute approximate surface area is 197 Å². The molecule has 4 rings (SSSR count). The zero-order chi connectivity index (χ0) is 25.1. The fourth-order valence-corrected chi connectivity index (χ4v) is 3.74. The van der Waals surface area contributed by atoms with Gasteiger partial charge >= 0.3 is 6.61 Å². The van der Waals surface area contributed by atoms with Crippen LogP contribution in [0.4, 0.5) is 31.5 Å². The Hall–Kier alpha value is -3.81. The summed E-state index contributed by atoms with van der Waals surface area (Å²) in [7, 11) is 0. The highest BCUT2D eigenvalue weighted by Crippen LogP contribution is 2.28. The number of nitrogens with zero attached hydrogens (tertiary/aromatic N) is 3. The van der Waals surface area contributed by atoms with Crippen LogP contribution in [-0.4, -0.2) is 27.3 Å². The smallest absolute Gasteiger partial charge is 0.387 e. The summed E-state index contributed by atoms with van der Waals surface area (Å²) >= 11 is 1.10. The molecule has 0 radical (unpaired) electrons. The van der Waals surface area contributed by atoms with E-state index in [2.05, 4.69) is 20.1 Å². The highest BCUT2D eigenvalue weighted by Gasteiger charge is 2.22. The molecule has 0 unspecified atom stereocenters. The van der Waals surface area contributed by atoms with Crippen molar-refractivity contribution in [2.24, 2.45) is 0 Å². The molecule has 0 saturated heterocycles. The lowest BCUT2D eigenvalue weighted by Crippen LogP contribution is -2.11. The van der Waals surface area contributed by atoms with E-state index in [1.165, 1.54) is 36.4 Å². The van der Waals surface area contributed by atoms with Crippen LogP contribution in [0.3, 0.4) is 0 Å². The van der Waals surface area contributed by atoms with E-state index in [1.54, 1.807) is 5.38 Å². The number of hydrogen-bond acceptors (Lipinski definition) is 6. The molecule has 0 saturated carbocycles. The molecule has 1 amide bonds. The normalized spacial score (nSPS) is 11.6. The molecule has 4 aromatic rings. The lowest BCUT2D eigenvalue weighted by molar-refractivity contribution is -0.0498. The van der Waals surface area contributed by atoms with Crippen molar-refractivity contribution in [3.63, 3.8) is 0 Å². The van der Waals surface area contributed by atoms with Crippen molar-refractivity contribution in [2.45, 2.75) is 26.0 Å². The Balaban J connectivity index is 1.42. The lowest BCUT2D eigenvalue weighted by atomic mass is 10.2. The molecule has 35 heavy (non-hydrogen) atoms. The monoisotopic (exact) mass is 516 g/mol. The van der Waals surface area contributed by atoms with Crippen LogP contribution in [-0.2, 0) is 6.54 Å². The van der Waals surface area contributed by atoms with Crippen molar-refractivity contribution in [1.82, 2.24) is 14.8 Å². The zero-order valence-corrected chi connectivity index (χ0v) is 18.1. The minimum absolute atomic E-state index is 0.0117. The van der Waals surface area contributed by atoms with E-state index in [4.69, 9.17) is 4.42 Å². The first-order valence-electron chi connectivity index (χ1n) is 9.74. The first-order valence-corrected chi connectivity index (χ1v) is 10.6. The van der Waals surface area contributed by atoms with Crippen LogP contribution in [0.5, 0.6) is 5.75 Å². The number of halogens is 6. The van der Waals surface area contributed by atoms with Gasteiger partial charge in [0.2, 0.25) is 0 Å². The number of hydrogen-bond donors (Lipinski definition) is 1. The van der Waals surface area contributed by atoms with Crippen LogP contribution in [0.25, 0.3) is 11.3 Å². The molecule has 1 aromatic carbocycles. The summed E-state index contributed by atoms with van der Waals surface area (Å²) in [5.41, 5.74) is -0.421. The highest BCUT2D eigenvalue weighted by atomic mass is 32.1. The summed E-state index contributed by atoms with van der Waals surface area (Å²) in [6.07, 6.45) is -6.04. The lowest BCUT2D eigenvalue weighted by Gasteiger charge is -2.04. The predicted molar refractivity (Wildman–Crippen MR) is 112 cm³/mol. The summed E-state index contributed by atoms with van der Waals surface area (Å²) in [5, 5.41) is 7.84. The molecule has 0 bridgehead atoms. The Morgan fingerprint density at radius 2 is 1.80 bits per heavy atom. The summed E-state index contributed by atoms with van der Waals surface area (Å²) in [6, 6.07) is 9.01. The average molecular weight is 516 g/mol. The van der Waals surface area contributed by atoms with Gasteiger partial charge in [-0.2, -0.15) is 13.9 Å². The van der Waals surface area contributed by atoms with Gasteiger partial charge in [-0.05, 0) is 42.5 Å². The van der Waals surface area contributed by atoms with E-state index in [0.29, 0.717) is 22.0 Å². The van der Waals surface area contributed by atoms with Gasteiger partial charge in [-0.15, -0.1) is 11.3 Å². The second-order valence-corrected chi connectivity index (χ2v) is 7.77. The second kappa shape index (κ2) is 10.2. The van der Waals surface area contributed by atoms with Gasteiger partial charge in [0.15, 0.2) is 10.9 Å². The molecule has 0 aliphatic rings. The average Bonchev–Trinajstić information content (AvgIpc) is 3.54. The molecule has 0 spiro atoms.